The van der Waals surface area contributed by atoms with E-state index in [1.807, 2.05) is 13.8 Å². The largest absolute Gasteiger partial charge is 0.370 e. The van der Waals surface area contributed by atoms with Crippen LogP contribution in [0.5, 0.6) is 0 Å². The summed E-state index contributed by atoms with van der Waals surface area (Å²) in [4.78, 5) is 22.6. The van der Waals surface area contributed by atoms with Crippen LogP contribution in [0.15, 0.2) is 0 Å². The van der Waals surface area contributed by atoms with Gasteiger partial charge in [0.15, 0.2) is 0 Å². The number of rotatable bonds is 4. The quantitative estimate of drug-likeness (QED) is 0.866. The van der Waals surface area contributed by atoms with E-state index >= 15 is 0 Å². The first-order valence-electron chi connectivity index (χ1n) is 7.22. The van der Waals surface area contributed by atoms with Crippen LogP contribution in [0, 0.1) is 13.8 Å². The molecule has 1 aromatic rings. The molecule has 6 heteroatoms. The molecule has 1 aliphatic heterocycles. The molecular formula is C14H23N5O. The Hall–Kier alpha value is -1.85. The second-order valence-corrected chi connectivity index (χ2v) is 5.08. The lowest BCUT2D eigenvalue weighted by molar-refractivity contribution is -0.120. The minimum Gasteiger partial charge on any atom is -0.370 e. The van der Waals surface area contributed by atoms with E-state index in [2.05, 4.69) is 32.4 Å². The predicted molar refractivity (Wildman–Crippen MR) is 80.1 cm³/mol. The summed E-state index contributed by atoms with van der Waals surface area (Å²) >= 11 is 0. The third-order valence-electron chi connectivity index (χ3n) is 3.39. The molecule has 2 heterocycles. The number of amides is 1. The van der Waals surface area contributed by atoms with Crippen molar-refractivity contribution in [3.8, 4) is 0 Å². The van der Waals surface area contributed by atoms with Gasteiger partial charge in [0.05, 0.1) is 0 Å². The third kappa shape index (κ3) is 3.37. The fourth-order valence-electron chi connectivity index (χ4n) is 2.32. The molecule has 0 aromatic carbocycles. The topological polar surface area (TPSA) is 70.2 Å². The molecule has 0 aliphatic carbocycles. The zero-order chi connectivity index (χ0) is 14.5. The van der Waals surface area contributed by atoms with Crippen molar-refractivity contribution in [1.29, 1.82) is 0 Å². The van der Waals surface area contributed by atoms with E-state index in [-0.39, 0.29) is 5.91 Å². The predicted octanol–water partition coefficient (Wildman–Crippen LogP) is 1.24. The Morgan fingerprint density at radius 3 is 2.85 bits per heavy atom. The molecule has 1 aliphatic rings. The minimum atomic E-state index is 0.111. The van der Waals surface area contributed by atoms with Crippen molar-refractivity contribution in [2.45, 2.75) is 33.6 Å². The summed E-state index contributed by atoms with van der Waals surface area (Å²) in [5.41, 5.74) is 1.05. The average molecular weight is 277 g/mol. The summed E-state index contributed by atoms with van der Waals surface area (Å²) in [6.45, 7) is 9.12. The first kappa shape index (κ1) is 14.6. The van der Waals surface area contributed by atoms with Crippen LogP contribution in [0.3, 0.4) is 0 Å². The number of carbonyl (C=O) groups is 1. The van der Waals surface area contributed by atoms with Gasteiger partial charge >= 0.3 is 0 Å². The number of nitrogens with zero attached hydrogens (tertiary/aromatic N) is 3. The van der Waals surface area contributed by atoms with Crippen LogP contribution >= 0.6 is 0 Å². The number of hydrogen-bond donors (Lipinski definition) is 2. The highest BCUT2D eigenvalue weighted by molar-refractivity contribution is 5.77. The highest BCUT2D eigenvalue weighted by Gasteiger charge is 2.19. The second-order valence-electron chi connectivity index (χ2n) is 5.08. The van der Waals surface area contributed by atoms with Crippen LogP contribution in [0.1, 0.15) is 31.2 Å². The van der Waals surface area contributed by atoms with Crippen molar-refractivity contribution in [3.63, 3.8) is 0 Å². The van der Waals surface area contributed by atoms with Crippen molar-refractivity contribution >= 4 is 17.5 Å². The lowest BCUT2D eigenvalue weighted by Crippen LogP contribution is -2.30. The monoisotopic (exact) mass is 277 g/mol. The van der Waals surface area contributed by atoms with Crippen LogP contribution in [0.4, 0.5) is 11.6 Å². The molecule has 0 atom stereocenters. The second kappa shape index (κ2) is 6.54. The van der Waals surface area contributed by atoms with Gasteiger partial charge in [-0.3, -0.25) is 4.79 Å². The number of hydrogen-bond acceptors (Lipinski definition) is 5. The standard InChI is InChI=1S/C14H23N5O/c1-4-6-16-13-10(2)14(18-11(3)17-13)19-8-5-12(20)15-7-9-19/h4-9H2,1-3H3,(H,15,20)(H,16,17,18). The van der Waals surface area contributed by atoms with Gasteiger partial charge in [0, 0.05) is 38.2 Å². The van der Waals surface area contributed by atoms with Crippen molar-refractivity contribution in [1.82, 2.24) is 15.3 Å². The van der Waals surface area contributed by atoms with Crippen molar-refractivity contribution in [3.05, 3.63) is 11.4 Å². The van der Waals surface area contributed by atoms with Gasteiger partial charge < -0.3 is 15.5 Å². The fraction of sp³-hybridized carbons (Fsp3) is 0.643. The third-order valence-corrected chi connectivity index (χ3v) is 3.39. The summed E-state index contributed by atoms with van der Waals surface area (Å²) in [5.74, 6) is 2.71. The van der Waals surface area contributed by atoms with Gasteiger partial charge in [-0.05, 0) is 20.3 Å². The Morgan fingerprint density at radius 1 is 1.30 bits per heavy atom. The zero-order valence-corrected chi connectivity index (χ0v) is 12.5. The average Bonchev–Trinajstić information content (AvgIpc) is 2.64. The summed E-state index contributed by atoms with van der Waals surface area (Å²) < 4.78 is 0. The maximum Gasteiger partial charge on any atom is 0.221 e. The van der Waals surface area contributed by atoms with Gasteiger partial charge in [0.1, 0.15) is 17.5 Å². The van der Waals surface area contributed by atoms with Gasteiger partial charge in [-0.15, -0.1) is 0 Å². The number of aryl methyl sites for hydroxylation is 1. The lowest BCUT2D eigenvalue weighted by Gasteiger charge is -2.24. The van der Waals surface area contributed by atoms with Gasteiger partial charge in [0.25, 0.3) is 0 Å². The molecule has 20 heavy (non-hydrogen) atoms. The van der Waals surface area contributed by atoms with E-state index in [1.54, 1.807) is 0 Å². The number of aromatic nitrogens is 2. The molecule has 1 fully saturated rings. The highest BCUT2D eigenvalue weighted by atomic mass is 16.1. The smallest absolute Gasteiger partial charge is 0.221 e. The summed E-state index contributed by atoms with van der Waals surface area (Å²) in [5, 5.41) is 6.23. The van der Waals surface area contributed by atoms with E-state index in [9.17, 15) is 4.79 Å². The number of nitrogens with one attached hydrogen (secondary N) is 2. The van der Waals surface area contributed by atoms with Crippen LogP contribution in [0.25, 0.3) is 0 Å². The molecule has 1 saturated heterocycles. The van der Waals surface area contributed by atoms with Gasteiger partial charge in [-0.1, -0.05) is 6.92 Å². The fourth-order valence-corrected chi connectivity index (χ4v) is 2.32. The Labute approximate surface area is 120 Å². The summed E-state index contributed by atoms with van der Waals surface area (Å²) in [6, 6.07) is 0. The number of anilines is 2. The Bertz CT molecular complexity index is 489. The van der Waals surface area contributed by atoms with Crippen LogP contribution in [-0.4, -0.2) is 42.1 Å². The van der Waals surface area contributed by atoms with E-state index in [0.29, 0.717) is 19.5 Å². The van der Waals surface area contributed by atoms with Crippen molar-refractivity contribution in [2.24, 2.45) is 0 Å². The Balaban J connectivity index is 2.25. The Morgan fingerprint density at radius 2 is 2.10 bits per heavy atom. The van der Waals surface area contributed by atoms with Gasteiger partial charge in [-0.25, -0.2) is 9.97 Å². The molecule has 1 amide bonds. The van der Waals surface area contributed by atoms with E-state index < -0.39 is 0 Å². The first-order chi connectivity index (χ1) is 9.61. The molecule has 0 bridgehead atoms. The maximum absolute atomic E-state index is 11.4. The molecule has 110 valence electrons. The first-order valence-corrected chi connectivity index (χ1v) is 7.22. The van der Waals surface area contributed by atoms with Crippen LogP contribution < -0.4 is 15.5 Å². The lowest BCUT2D eigenvalue weighted by atomic mass is 10.2. The normalized spacial score (nSPS) is 15.8. The highest BCUT2D eigenvalue weighted by Crippen LogP contribution is 2.24. The van der Waals surface area contributed by atoms with Crippen molar-refractivity contribution < 1.29 is 4.79 Å². The zero-order valence-electron chi connectivity index (χ0n) is 12.5. The van der Waals surface area contributed by atoms with Crippen LogP contribution in [0.2, 0.25) is 0 Å². The van der Waals surface area contributed by atoms with E-state index in [0.717, 1.165) is 42.5 Å². The molecule has 2 rings (SSSR count). The SMILES string of the molecule is CCCNc1nc(C)nc(N2CCNC(=O)CC2)c1C. The Kier molecular flexibility index (Phi) is 4.76. The van der Waals surface area contributed by atoms with Crippen molar-refractivity contribution in [2.75, 3.05) is 36.4 Å². The summed E-state index contributed by atoms with van der Waals surface area (Å²) in [7, 11) is 0. The maximum atomic E-state index is 11.4. The molecule has 0 radical (unpaired) electrons. The molecule has 1 aromatic heterocycles. The summed E-state index contributed by atoms with van der Waals surface area (Å²) in [6.07, 6.45) is 1.57. The molecule has 0 saturated carbocycles. The van der Waals surface area contributed by atoms with E-state index in [4.69, 9.17) is 0 Å². The molecule has 6 nitrogen and oxygen atoms in total. The molecule has 2 N–H and O–H groups in total. The molecule has 0 spiro atoms. The van der Waals surface area contributed by atoms with E-state index in [1.165, 1.54) is 0 Å². The number of carbonyl (C=O) groups excluding carboxylic acids is 1. The molecule has 0 unspecified atom stereocenters. The van der Waals surface area contributed by atoms with Crippen LogP contribution in [-0.2, 0) is 4.79 Å². The molecular weight excluding hydrogens is 254 g/mol. The van der Waals surface area contributed by atoms with Gasteiger partial charge in [-0.2, -0.15) is 0 Å². The van der Waals surface area contributed by atoms with Gasteiger partial charge in [0.2, 0.25) is 5.91 Å². The minimum absolute atomic E-state index is 0.111.